The number of halogens is 3. The van der Waals surface area contributed by atoms with Crippen molar-refractivity contribution in [1.29, 1.82) is 0 Å². The Balaban J connectivity index is 2.87. The van der Waals surface area contributed by atoms with Crippen LogP contribution in [0.5, 0.6) is 5.75 Å². The van der Waals surface area contributed by atoms with E-state index in [1.807, 2.05) is 0 Å². The number of rotatable bonds is 4. The molecule has 0 aromatic heterocycles. The lowest BCUT2D eigenvalue weighted by Crippen LogP contribution is -2.19. The molecule has 0 aliphatic carbocycles. The van der Waals surface area contributed by atoms with E-state index >= 15 is 0 Å². The van der Waals surface area contributed by atoms with Crippen molar-refractivity contribution in [2.75, 3.05) is 0 Å². The molecule has 0 saturated heterocycles. The van der Waals surface area contributed by atoms with Crippen LogP contribution >= 0.6 is 0 Å². The van der Waals surface area contributed by atoms with Gasteiger partial charge in [0.25, 0.3) is 0 Å². The minimum absolute atomic E-state index is 0.353. The quantitative estimate of drug-likeness (QED) is 0.891. The summed E-state index contributed by atoms with van der Waals surface area (Å²) in [6.45, 7) is 1.40. The molecule has 0 aliphatic heterocycles. The normalized spacial score (nSPS) is 13.2. The summed E-state index contributed by atoms with van der Waals surface area (Å²) in [5.74, 6) is -1.48. The number of hydrogen-bond acceptors (Lipinski definition) is 2. The van der Waals surface area contributed by atoms with Gasteiger partial charge in [-0.2, -0.15) is 13.2 Å². The van der Waals surface area contributed by atoms with Crippen molar-refractivity contribution in [3.05, 3.63) is 29.8 Å². The molecule has 0 heterocycles. The van der Waals surface area contributed by atoms with E-state index in [1.165, 1.54) is 25.1 Å². The summed E-state index contributed by atoms with van der Waals surface area (Å²) in [4.78, 5) is 10.4. The minimum Gasteiger partial charge on any atom is -0.489 e. The molecule has 0 amide bonds. The van der Waals surface area contributed by atoms with E-state index in [0.29, 0.717) is 0 Å². The summed E-state index contributed by atoms with van der Waals surface area (Å²) in [6, 6.07) is 4.71. The fraction of sp³-hybridized carbons (Fsp3) is 0.364. The highest BCUT2D eigenvalue weighted by atomic mass is 19.4. The molecule has 0 aliphatic rings. The molecule has 0 spiro atoms. The van der Waals surface area contributed by atoms with Crippen LogP contribution in [0.2, 0.25) is 0 Å². The maximum absolute atomic E-state index is 12.6. The lowest BCUT2D eigenvalue weighted by molar-refractivity contribution is -0.140. The second-order valence-electron chi connectivity index (χ2n) is 3.52. The standard InChI is InChI=1S/C11H11F3O3/c1-7(6-10(15)16)17-9-5-3-2-4-8(9)11(12,13)14/h2-5,7H,6H2,1H3,(H,15,16)/t7-/m0/s1. The molecule has 1 rings (SSSR count). The van der Waals surface area contributed by atoms with Crippen LogP contribution in [-0.2, 0) is 11.0 Å². The van der Waals surface area contributed by atoms with Gasteiger partial charge >= 0.3 is 12.1 Å². The van der Waals surface area contributed by atoms with Gasteiger partial charge in [-0.3, -0.25) is 4.79 Å². The Morgan fingerprint density at radius 2 is 2.00 bits per heavy atom. The summed E-state index contributed by atoms with van der Waals surface area (Å²) in [6.07, 6.45) is -5.69. The fourth-order valence-electron chi connectivity index (χ4n) is 1.31. The molecular weight excluding hydrogens is 237 g/mol. The van der Waals surface area contributed by atoms with Crippen LogP contribution in [0, 0.1) is 0 Å². The van der Waals surface area contributed by atoms with Crippen LogP contribution in [0.1, 0.15) is 18.9 Å². The highest BCUT2D eigenvalue weighted by Gasteiger charge is 2.34. The number of carboxylic acid groups (broad SMARTS) is 1. The van der Waals surface area contributed by atoms with Crippen molar-refractivity contribution in [1.82, 2.24) is 0 Å². The van der Waals surface area contributed by atoms with Gasteiger partial charge in [0.15, 0.2) is 0 Å². The molecule has 0 bridgehead atoms. The summed E-state index contributed by atoms with van der Waals surface area (Å²) in [7, 11) is 0. The molecule has 0 radical (unpaired) electrons. The molecule has 1 aromatic carbocycles. The van der Waals surface area contributed by atoms with Gasteiger partial charge in [-0.15, -0.1) is 0 Å². The maximum atomic E-state index is 12.6. The summed E-state index contributed by atoms with van der Waals surface area (Å²) < 4.78 is 42.7. The largest absolute Gasteiger partial charge is 0.489 e. The number of para-hydroxylation sites is 1. The van der Waals surface area contributed by atoms with Gasteiger partial charge in [0, 0.05) is 0 Å². The second kappa shape index (κ2) is 5.07. The Morgan fingerprint density at radius 1 is 1.41 bits per heavy atom. The second-order valence-corrected chi connectivity index (χ2v) is 3.52. The summed E-state index contributed by atoms with van der Waals surface area (Å²) in [5, 5.41) is 8.49. The number of benzene rings is 1. The first-order valence-electron chi connectivity index (χ1n) is 4.85. The predicted molar refractivity (Wildman–Crippen MR) is 53.8 cm³/mol. The average Bonchev–Trinajstić information content (AvgIpc) is 2.15. The highest BCUT2D eigenvalue weighted by Crippen LogP contribution is 2.36. The molecule has 1 atom stereocenters. The molecule has 17 heavy (non-hydrogen) atoms. The van der Waals surface area contributed by atoms with E-state index in [9.17, 15) is 18.0 Å². The Bertz CT molecular complexity index is 401. The molecular formula is C11H11F3O3. The van der Waals surface area contributed by atoms with Crippen molar-refractivity contribution in [2.24, 2.45) is 0 Å². The van der Waals surface area contributed by atoms with E-state index in [-0.39, 0.29) is 12.2 Å². The highest BCUT2D eigenvalue weighted by molar-refractivity contribution is 5.67. The van der Waals surface area contributed by atoms with E-state index in [2.05, 4.69) is 0 Å². The van der Waals surface area contributed by atoms with Gasteiger partial charge in [0.05, 0.1) is 12.0 Å². The fourth-order valence-corrected chi connectivity index (χ4v) is 1.31. The van der Waals surface area contributed by atoms with Crippen LogP contribution < -0.4 is 4.74 Å². The average molecular weight is 248 g/mol. The van der Waals surface area contributed by atoms with Gasteiger partial charge < -0.3 is 9.84 Å². The third-order valence-electron chi connectivity index (χ3n) is 1.98. The zero-order valence-electron chi connectivity index (χ0n) is 8.99. The van der Waals surface area contributed by atoms with E-state index in [1.54, 1.807) is 0 Å². The Labute approximate surface area is 95.8 Å². The Morgan fingerprint density at radius 3 is 2.53 bits per heavy atom. The van der Waals surface area contributed by atoms with E-state index < -0.39 is 23.8 Å². The topological polar surface area (TPSA) is 46.5 Å². The zero-order chi connectivity index (χ0) is 13.1. The number of ether oxygens (including phenoxy) is 1. The monoisotopic (exact) mass is 248 g/mol. The minimum atomic E-state index is -4.51. The van der Waals surface area contributed by atoms with E-state index in [0.717, 1.165) is 6.07 Å². The maximum Gasteiger partial charge on any atom is 0.419 e. The third-order valence-corrected chi connectivity index (χ3v) is 1.98. The van der Waals surface area contributed by atoms with Crippen LogP contribution in [-0.4, -0.2) is 17.2 Å². The lowest BCUT2D eigenvalue weighted by Gasteiger charge is -2.17. The van der Waals surface area contributed by atoms with Crippen molar-refractivity contribution < 1.29 is 27.8 Å². The van der Waals surface area contributed by atoms with Crippen LogP contribution in [0.4, 0.5) is 13.2 Å². The van der Waals surface area contributed by atoms with Crippen molar-refractivity contribution in [2.45, 2.75) is 25.6 Å². The van der Waals surface area contributed by atoms with Gasteiger partial charge in [0.2, 0.25) is 0 Å². The molecule has 0 unspecified atom stereocenters. The number of carboxylic acids is 1. The first kappa shape index (κ1) is 13.3. The number of hydrogen-bond donors (Lipinski definition) is 1. The molecule has 0 saturated carbocycles. The van der Waals surface area contributed by atoms with Gasteiger partial charge in [-0.05, 0) is 19.1 Å². The first-order chi connectivity index (χ1) is 7.80. The molecule has 3 nitrogen and oxygen atoms in total. The van der Waals surface area contributed by atoms with Crippen LogP contribution in [0.3, 0.4) is 0 Å². The molecule has 94 valence electrons. The number of aliphatic carboxylic acids is 1. The lowest BCUT2D eigenvalue weighted by atomic mass is 10.2. The first-order valence-corrected chi connectivity index (χ1v) is 4.85. The molecule has 6 heteroatoms. The SMILES string of the molecule is C[C@@H](CC(=O)O)Oc1ccccc1C(F)(F)F. The number of alkyl halides is 3. The number of carbonyl (C=O) groups is 1. The molecule has 0 fully saturated rings. The van der Waals surface area contributed by atoms with Gasteiger partial charge in [-0.25, -0.2) is 0 Å². The Kier molecular flexibility index (Phi) is 3.98. The van der Waals surface area contributed by atoms with Crippen LogP contribution in [0.15, 0.2) is 24.3 Å². The van der Waals surface area contributed by atoms with Crippen molar-refractivity contribution >= 4 is 5.97 Å². The molecule has 1 N–H and O–H groups in total. The van der Waals surface area contributed by atoms with Gasteiger partial charge in [0.1, 0.15) is 11.9 Å². The molecule has 1 aromatic rings. The summed E-state index contributed by atoms with van der Waals surface area (Å²) >= 11 is 0. The smallest absolute Gasteiger partial charge is 0.419 e. The van der Waals surface area contributed by atoms with Crippen molar-refractivity contribution in [3.8, 4) is 5.75 Å². The third kappa shape index (κ3) is 3.97. The summed E-state index contributed by atoms with van der Waals surface area (Å²) in [5.41, 5.74) is -0.905. The van der Waals surface area contributed by atoms with Gasteiger partial charge in [-0.1, -0.05) is 12.1 Å². The van der Waals surface area contributed by atoms with Crippen molar-refractivity contribution in [3.63, 3.8) is 0 Å². The predicted octanol–water partition coefficient (Wildman–Crippen LogP) is 2.95. The van der Waals surface area contributed by atoms with Crippen LogP contribution in [0.25, 0.3) is 0 Å². The zero-order valence-corrected chi connectivity index (χ0v) is 8.99. The van der Waals surface area contributed by atoms with E-state index in [4.69, 9.17) is 9.84 Å². The Hall–Kier alpha value is -1.72.